The van der Waals surface area contributed by atoms with Gasteiger partial charge in [0.1, 0.15) is 11.5 Å². The number of benzene rings is 2. The predicted molar refractivity (Wildman–Crippen MR) is 83.1 cm³/mol. The standard InChI is InChI=1S/C18H21O2.W/c1-3-5-14-20-18-12-8-16(9-13-18)15-6-10-17(11-7-15)19-4-2;/h6-13H,2-5,14H2,1H3;/q-1;. The monoisotopic (exact) mass is 453 g/mol. The van der Waals surface area contributed by atoms with Crippen LogP contribution in [-0.4, -0.2) is 13.2 Å². The van der Waals surface area contributed by atoms with E-state index < -0.39 is 0 Å². The summed E-state index contributed by atoms with van der Waals surface area (Å²) in [6.07, 6.45) is 2.25. The molecule has 0 aliphatic carbocycles. The van der Waals surface area contributed by atoms with Crippen molar-refractivity contribution in [2.45, 2.75) is 19.8 Å². The van der Waals surface area contributed by atoms with Crippen molar-refractivity contribution in [2.75, 3.05) is 13.2 Å². The third-order valence-corrected chi connectivity index (χ3v) is 3.08. The van der Waals surface area contributed by atoms with Crippen molar-refractivity contribution in [3.05, 3.63) is 55.5 Å². The van der Waals surface area contributed by atoms with Crippen LogP contribution >= 0.6 is 0 Å². The van der Waals surface area contributed by atoms with Gasteiger partial charge in [-0.15, -0.1) is 0 Å². The molecule has 0 saturated heterocycles. The predicted octanol–water partition coefficient (Wildman–Crippen LogP) is 4.74. The summed E-state index contributed by atoms with van der Waals surface area (Å²) in [4.78, 5) is 0. The Morgan fingerprint density at radius 3 is 1.71 bits per heavy atom. The third-order valence-electron chi connectivity index (χ3n) is 3.08. The van der Waals surface area contributed by atoms with Gasteiger partial charge >= 0.3 is 0 Å². The molecule has 0 saturated carbocycles. The van der Waals surface area contributed by atoms with Gasteiger partial charge < -0.3 is 16.4 Å². The van der Waals surface area contributed by atoms with Gasteiger partial charge in [0.15, 0.2) is 0 Å². The van der Waals surface area contributed by atoms with Crippen LogP contribution in [0.25, 0.3) is 11.1 Å². The molecule has 2 aromatic rings. The second-order valence-corrected chi connectivity index (χ2v) is 4.60. The van der Waals surface area contributed by atoms with E-state index >= 15 is 0 Å². The van der Waals surface area contributed by atoms with Crippen LogP contribution in [0.15, 0.2) is 48.5 Å². The third kappa shape index (κ3) is 5.55. The van der Waals surface area contributed by atoms with Crippen LogP contribution < -0.4 is 9.47 Å². The van der Waals surface area contributed by atoms with Crippen molar-refractivity contribution < 1.29 is 30.5 Å². The smallest absolute Gasteiger partial charge is 0.119 e. The quantitative estimate of drug-likeness (QED) is 0.446. The van der Waals surface area contributed by atoms with Gasteiger partial charge in [0.25, 0.3) is 0 Å². The molecular weight excluding hydrogens is 432 g/mol. The molecule has 3 heteroatoms. The first kappa shape index (κ1) is 17.8. The SMILES string of the molecule is [CH2-]COc1ccc(-c2ccc(OCCCC)cc2)cc1.[W]. The normalized spacial score (nSPS) is 9.81. The Labute approximate surface area is 141 Å². The summed E-state index contributed by atoms with van der Waals surface area (Å²) in [5, 5.41) is 0. The Morgan fingerprint density at radius 2 is 1.29 bits per heavy atom. The molecule has 0 heterocycles. The van der Waals surface area contributed by atoms with Crippen molar-refractivity contribution in [2.24, 2.45) is 0 Å². The Bertz CT molecular complexity index is 506. The molecule has 0 fully saturated rings. The first-order valence-electron chi connectivity index (χ1n) is 7.09. The largest absolute Gasteiger partial charge is 0.525 e. The van der Waals surface area contributed by atoms with Gasteiger partial charge in [-0.25, -0.2) is 0 Å². The summed E-state index contributed by atoms with van der Waals surface area (Å²) in [5.41, 5.74) is 2.34. The Morgan fingerprint density at radius 1 is 0.810 bits per heavy atom. The second kappa shape index (κ2) is 9.63. The maximum absolute atomic E-state index is 5.66. The average molecular weight is 453 g/mol. The minimum atomic E-state index is 0. The van der Waals surface area contributed by atoms with E-state index in [-0.39, 0.29) is 21.1 Å². The minimum absolute atomic E-state index is 0. The first-order chi connectivity index (χ1) is 9.83. The van der Waals surface area contributed by atoms with Crippen LogP contribution in [0, 0.1) is 6.92 Å². The fourth-order valence-electron chi connectivity index (χ4n) is 1.94. The van der Waals surface area contributed by atoms with Gasteiger partial charge in [-0.2, -0.15) is 0 Å². The molecule has 2 rings (SSSR count). The van der Waals surface area contributed by atoms with E-state index in [1.54, 1.807) is 0 Å². The zero-order valence-corrected chi connectivity index (χ0v) is 15.3. The summed E-state index contributed by atoms with van der Waals surface area (Å²) in [6, 6.07) is 16.2. The van der Waals surface area contributed by atoms with Crippen LogP contribution in [0.2, 0.25) is 0 Å². The topological polar surface area (TPSA) is 18.5 Å². The molecule has 0 amide bonds. The van der Waals surface area contributed by atoms with Crippen LogP contribution in [-0.2, 0) is 21.1 Å². The molecule has 2 nitrogen and oxygen atoms in total. The van der Waals surface area contributed by atoms with Gasteiger partial charge in [-0.3, -0.25) is 0 Å². The molecule has 0 radical (unpaired) electrons. The van der Waals surface area contributed by atoms with Crippen LogP contribution in [0.4, 0.5) is 0 Å². The fourth-order valence-corrected chi connectivity index (χ4v) is 1.94. The van der Waals surface area contributed by atoms with E-state index in [9.17, 15) is 0 Å². The number of rotatable bonds is 7. The molecule has 0 unspecified atom stereocenters. The zero-order chi connectivity index (χ0) is 14.2. The molecule has 0 N–H and O–H groups in total. The summed E-state index contributed by atoms with van der Waals surface area (Å²) < 4.78 is 11.0. The van der Waals surface area contributed by atoms with Crippen LogP contribution in [0.3, 0.4) is 0 Å². The Balaban J connectivity index is 0.00000220. The summed E-state index contributed by atoms with van der Waals surface area (Å²) in [7, 11) is 0. The molecule has 0 aliphatic rings. The van der Waals surface area contributed by atoms with Gasteiger partial charge in [-0.1, -0.05) is 37.6 Å². The molecular formula is C18H21O2W-. The maximum Gasteiger partial charge on any atom is 0.119 e. The van der Waals surface area contributed by atoms with E-state index in [0.717, 1.165) is 30.9 Å². The molecule has 0 bridgehead atoms. The number of hydrogen-bond acceptors (Lipinski definition) is 2. The number of unbranched alkanes of at least 4 members (excludes halogenated alkanes) is 1. The Kier molecular flexibility index (Phi) is 8.15. The number of ether oxygens (including phenoxy) is 2. The average Bonchev–Trinajstić information content (AvgIpc) is 2.49. The van der Waals surface area contributed by atoms with Crippen molar-refractivity contribution >= 4 is 0 Å². The Hall–Kier alpha value is -1.27. The molecule has 0 atom stereocenters. The maximum atomic E-state index is 5.66. The van der Waals surface area contributed by atoms with E-state index in [1.807, 2.05) is 24.3 Å². The van der Waals surface area contributed by atoms with Crippen LogP contribution in [0.1, 0.15) is 19.8 Å². The molecule has 2 aromatic carbocycles. The first-order valence-corrected chi connectivity index (χ1v) is 7.09. The van der Waals surface area contributed by atoms with Gasteiger partial charge in [0, 0.05) is 21.1 Å². The van der Waals surface area contributed by atoms with E-state index in [4.69, 9.17) is 9.47 Å². The van der Waals surface area contributed by atoms with E-state index in [1.165, 1.54) is 11.1 Å². The van der Waals surface area contributed by atoms with Gasteiger partial charge in [-0.05, 0) is 48.4 Å². The zero-order valence-electron chi connectivity index (χ0n) is 12.4. The van der Waals surface area contributed by atoms with Crippen molar-refractivity contribution in [3.63, 3.8) is 0 Å². The summed E-state index contributed by atoms with van der Waals surface area (Å²) >= 11 is 0. The molecule has 21 heavy (non-hydrogen) atoms. The van der Waals surface area contributed by atoms with Crippen molar-refractivity contribution in [1.82, 2.24) is 0 Å². The van der Waals surface area contributed by atoms with Gasteiger partial charge in [0.2, 0.25) is 0 Å². The molecule has 0 aliphatic heterocycles. The van der Waals surface area contributed by atoms with Crippen LogP contribution in [0.5, 0.6) is 11.5 Å². The molecule has 0 spiro atoms. The number of hydrogen-bond donors (Lipinski definition) is 0. The molecule has 0 aromatic heterocycles. The van der Waals surface area contributed by atoms with Gasteiger partial charge in [0.05, 0.1) is 6.61 Å². The second-order valence-electron chi connectivity index (χ2n) is 4.60. The van der Waals surface area contributed by atoms with Crippen molar-refractivity contribution in [3.8, 4) is 22.6 Å². The summed E-state index contributed by atoms with van der Waals surface area (Å²) in [5.74, 6) is 1.78. The minimum Gasteiger partial charge on any atom is -0.525 e. The van der Waals surface area contributed by atoms with E-state index in [2.05, 4.69) is 38.1 Å². The summed E-state index contributed by atoms with van der Waals surface area (Å²) in [6.45, 7) is 7.06. The van der Waals surface area contributed by atoms with E-state index in [0.29, 0.717) is 6.61 Å². The fraction of sp³-hybridized carbons (Fsp3) is 0.278. The molecule has 112 valence electrons. The van der Waals surface area contributed by atoms with Crippen molar-refractivity contribution in [1.29, 1.82) is 0 Å².